The van der Waals surface area contributed by atoms with Crippen LogP contribution < -0.4 is 5.73 Å². The van der Waals surface area contributed by atoms with E-state index in [0.29, 0.717) is 0 Å². The molecule has 0 aromatic heterocycles. The second-order valence-corrected chi connectivity index (χ2v) is 4.78. The highest BCUT2D eigenvalue weighted by Crippen LogP contribution is 2.33. The van der Waals surface area contributed by atoms with Crippen LogP contribution in [0.25, 0.3) is 0 Å². The fourth-order valence-electron chi connectivity index (χ4n) is 1.71. The maximum atomic E-state index is 6.08. The molecule has 0 saturated heterocycles. The zero-order valence-corrected chi connectivity index (χ0v) is 8.73. The summed E-state index contributed by atoms with van der Waals surface area (Å²) < 4.78 is 0. The molecule has 0 amide bonds. The molecule has 1 unspecified atom stereocenters. The van der Waals surface area contributed by atoms with E-state index in [9.17, 15) is 0 Å². The van der Waals surface area contributed by atoms with E-state index in [0.717, 1.165) is 6.42 Å². The summed E-state index contributed by atoms with van der Waals surface area (Å²) in [6.07, 6.45) is 2.36. The van der Waals surface area contributed by atoms with Crippen LogP contribution in [0, 0.1) is 6.92 Å². The highest BCUT2D eigenvalue weighted by molar-refractivity contribution is 7.99. The topological polar surface area (TPSA) is 26.0 Å². The number of rotatable bonds is 0. The average Bonchev–Trinajstić information content (AvgIpc) is 2.28. The largest absolute Gasteiger partial charge is 0.324 e. The Balaban J connectivity index is 2.42. The van der Waals surface area contributed by atoms with E-state index in [-0.39, 0.29) is 6.04 Å². The molecule has 1 aromatic carbocycles. The van der Waals surface area contributed by atoms with Crippen molar-refractivity contribution in [2.24, 2.45) is 5.73 Å². The molecule has 0 radical (unpaired) electrons. The van der Waals surface area contributed by atoms with Crippen molar-refractivity contribution in [3.8, 4) is 0 Å². The van der Waals surface area contributed by atoms with Gasteiger partial charge in [-0.25, -0.2) is 0 Å². The number of benzene rings is 1. The van der Waals surface area contributed by atoms with Crippen LogP contribution in [-0.2, 0) is 0 Å². The van der Waals surface area contributed by atoms with E-state index in [1.54, 1.807) is 0 Å². The summed E-state index contributed by atoms with van der Waals surface area (Å²) in [7, 11) is 0. The molecule has 1 aliphatic heterocycles. The van der Waals surface area contributed by atoms with E-state index in [2.05, 4.69) is 25.1 Å². The average molecular weight is 193 g/mol. The van der Waals surface area contributed by atoms with Crippen molar-refractivity contribution in [1.29, 1.82) is 0 Å². The van der Waals surface area contributed by atoms with Crippen LogP contribution in [0.15, 0.2) is 23.1 Å². The first-order valence-electron chi connectivity index (χ1n) is 4.76. The lowest BCUT2D eigenvalue weighted by molar-refractivity contribution is 0.640. The Morgan fingerprint density at radius 2 is 2.31 bits per heavy atom. The Labute approximate surface area is 83.7 Å². The normalized spacial score (nSPS) is 22.2. The molecule has 0 spiro atoms. The third-order valence-corrected chi connectivity index (χ3v) is 3.64. The molecule has 1 atom stereocenters. The quantitative estimate of drug-likeness (QED) is 0.685. The maximum Gasteiger partial charge on any atom is 0.0306 e. The van der Waals surface area contributed by atoms with Gasteiger partial charge in [0.15, 0.2) is 0 Å². The Morgan fingerprint density at radius 3 is 3.15 bits per heavy atom. The van der Waals surface area contributed by atoms with Gasteiger partial charge in [-0.2, -0.15) is 0 Å². The lowest BCUT2D eigenvalue weighted by Gasteiger charge is -2.11. The summed E-state index contributed by atoms with van der Waals surface area (Å²) in [5, 5.41) is 0. The summed E-state index contributed by atoms with van der Waals surface area (Å²) in [5.74, 6) is 1.21. The summed E-state index contributed by atoms with van der Waals surface area (Å²) in [6, 6.07) is 6.86. The highest BCUT2D eigenvalue weighted by Gasteiger charge is 2.14. The highest BCUT2D eigenvalue weighted by atomic mass is 32.2. The Morgan fingerprint density at radius 1 is 1.46 bits per heavy atom. The van der Waals surface area contributed by atoms with Crippen molar-refractivity contribution in [3.05, 3.63) is 29.3 Å². The molecule has 0 fully saturated rings. The number of fused-ring (bicyclic) bond motifs is 1. The SMILES string of the molecule is Cc1ccc2c(c1)SCCCC2N. The molecule has 0 saturated carbocycles. The van der Waals surface area contributed by atoms with Gasteiger partial charge in [-0.3, -0.25) is 0 Å². The van der Waals surface area contributed by atoms with E-state index >= 15 is 0 Å². The molecule has 1 aliphatic rings. The van der Waals surface area contributed by atoms with Gasteiger partial charge >= 0.3 is 0 Å². The molecule has 1 heterocycles. The lowest BCUT2D eigenvalue weighted by Crippen LogP contribution is -2.09. The smallest absolute Gasteiger partial charge is 0.0306 e. The van der Waals surface area contributed by atoms with Gasteiger partial charge in [0, 0.05) is 10.9 Å². The van der Waals surface area contributed by atoms with Gasteiger partial charge < -0.3 is 5.73 Å². The van der Waals surface area contributed by atoms with E-state index in [4.69, 9.17) is 5.73 Å². The predicted molar refractivity (Wildman–Crippen MR) is 58.1 cm³/mol. The first kappa shape index (κ1) is 9.10. The van der Waals surface area contributed by atoms with Crippen molar-refractivity contribution in [3.63, 3.8) is 0 Å². The van der Waals surface area contributed by atoms with Gasteiger partial charge in [0.25, 0.3) is 0 Å². The molecule has 70 valence electrons. The van der Waals surface area contributed by atoms with Crippen LogP contribution >= 0.6 is 11.8 Å². The Kier molecular flexibility index (Phi) is 2.61. The van der Waals surface area contributed by atoms with Crippen LogP contribution in [-0.4, -0.2) is 5.75 Å². The predicted octanol–water partition coefficient (Wildman–Crippen LogP) is 2.88. The van der Waals surface area contributed by atoms with E-state index in [1.165, 1.54) is 28.2 Å². The van der Waals surface area contributed by atoms with Gasteiger partial charge in [-0.15, -0.1) is 11.8 Å². The summed E-state index contributed by atoms with van der Waals surface area (Å²) in [4.78, 5) is 1.39. The molecular weight excluding hydrogens is 178 g/mol. The zero-order chi connectivity index (χ0) is 9.26. The van der Waals surface area contributed by atoms with E-state index < -0.39 is 0 Å². The van der Waals surface area contributed by atoms with Crippen LogP contribution in [0.4, 0.5) is 0 Å². The summed E-state index contributed by atoms with van der Waals surface area (Å²) in [6.45, 7) is 2.14. The molecule has 13 heavy (non-hydrogen) atoms. The lowest BCUT2D eigenvalue weighted by atomic mass is 10.0. The van der Waals surface area contributed by atoms with Gasteiger partial charge in [-0.05, 0) is 42.7 Å². The minimum Gasteiger partial charge on any atom is -0.324 e. The molecule has 0 bridgehead atoms. The minimum absolute atomic E-state index is 0.255. The first-order valence-corrected chi connectivity index (χ1v) is 5.75. The van der Waals surface area contributed by atoms with E-state index in [1.807, 2.05) is 11.8 Å². The van der Waals surface area contributed by atoms with Gasteiger partial charge in [0.2, 0.25) is 0 Å². The maximum absolute atomic E-state index is 6.08. The third kappa shape index (κ3) is 1.89. The van der Waals surface area contributed by atoms with Crippen LogP contribution in [0.3, 0.4) is 0 Å². The molecule has 2 N–H and O–H groups in total. The number of hydrogen-bond donors (Lipinski definition) is 1. The van der Waals surface area contributed by atoms with Crippen LogP contribution in [0.2, 0.25) is 0 Å². The molecule has 2 heteroatoms. The molecule has 1 nitrogen and oxygen atoms in total. The minimum atomic E-state index is 0.255. The van der Waals surface area contributed by atoms with Crippen molar-refractivity contribution in [2.45, 2.75) is 30.7 Å². The summed E-state index contributed by atoms with van der Waals surface area (Å²) in [5.41, 5.74) is 8.76. The van der Waals surface area contributed by atoms with Crippen molar-refractivity contribution >= 4 is 11.8 Å². The fourth-order valence-corrected chi connectivity index (χ4v) is 2.90. The van der Waals surface area contributed by atoms with Crippen molar-refractivity contribution < 1.29 is 0 Å². The second kappa shape index (κ2) is 3.72. The third-order valence-electron chi connectivity index (χ3n) is 2.49. The van der Waals surface area contributed by atoms with Crippen LogP contribution in [0.1, 0.15) is 30.0 Å². The van der Waals surface area contributed by atoms with Crippen LogP contribution in [0.5, 0.6) is 0 Å². The van der Waals surface area contributed by atoms with Crippen molar-refractivity contribution in [1.82, 2.24) is 0 Å². The van der Waals surface area contributed by atoms with Crippen molar-refractivity contribution in [2.75, 3.05) is 5.75 Å². The van der Waals surface area contributed by atoms with Gasteiger partial charge in [-0.1, -0.05) is 12.1 Å². The monoisotopic (exact) mass is 193 g/mol. The number of thioether (sulfide) groups is 1. The number of nitrogens with two attached hydrogens (primary N) is 1. The number of aryl methyl sites for hydroxylation is 1. The Hall–Kier alpha value is -0.470. The van der Waals surface area contributed by atoms with Gasteiger partial charge in [0.1, 0.15) is 0 Å². The molecule has 1 aromatic rings. The summed E-state index contributed by atoms with van der Waals surface area (Å²) >= 11 is 1.95. The fraction of sp³-hybridized carbons (Fsp3) is 0.455. The number of hydrogen-bond acceptors (Lipinski definition) is 2. The first-order chi connectivity index (χ1) is 6.27. The molecule has 2 rings (SSSR count). The Bertz CT molecular complexity index is 309. The molecule has 0 aliphatic carbocycles. The second-order valence-electron chi connectivity index (χ2n) is 3.64. The van der Waals surface area contributed by atoms with Gasteiger partial charge in [0.05, 0.1) is 0 Å². The zero-order valence-electron chi connectivity index (χ0n) is 7.92. The standard InChI is InChI=1S/C11H15NS/c1-8-4-5-9-10(12)3-2-6-13-11(9)7-8/h4-5,7,10H,2-3,6,12H2,1H3. The molecular formula is C11H15NS.